The Morgan fingerprint density at radius 3 is 2.40 bits per heavy atom. The summed E-state index contributed by atoms with van der Waals surface area (Å²) in [6.45, 7) is 10.3. The molecule has 4 heteroatoms. The number of carbonyl (C=O) groups is 1. The molecular formula is C11H16N2OS. The fourth-order valence-electron chi connectivity index (χ4n) is 1.62. The van der Waals surface area contributed by atoms with Crippen molar-refractivity contribution < 1.29 is 4.79 Å². The van der Waals surface area contributed by atoms with Gasteiger partial charge in [0.2, 0.25) is 0 Å². The van der Waals surface area contributed by atoms with E-state index in [0.717, 1.165) is 15.6 Å². The van der Waals surface area contributed by atoms with Crippen molar-refractivity contribution >= 4 is 17.2 Å². The van der Waals surface area contributed by atoms with Gasteiger partial charge in [-0.1, -0.05) is 20.8 Å². The smallest absolute Gasteiger partial charge is 0.264 e. The Balaban J connectivity index is 2.55. The molecule has 15 heavy (non-hydrogen) atoms. The van der Waals surface area contributed by atoms with E-state index in [-0.39, 0.29) is 16.9 Å². The molecule has 1 amide bonds. The lowest BCUT2D eigenvalue weighted by Gasteiger charge is -2.19. The highest BCUT2D eigenvalue weighted by Gasteiger charge is 2.40. The average molecular weight is 224 g/mol. The van der Waals surface area contributed by atoms with Gasteiger partial charge in [-0.05, 0) is 13.8 Å². The van der Waals surface area contributed by atoms with Gasteiger partial charge in [0.25, 0.3) is 5.91 Å². The van der Waals surface area contributed by atoms with Gasteiger partial charge >= 0.3 is 0 Å². The molecule has 0 radical (unpaired) electrons. The number of rotatable bonds is 0. The van der Waals surface area contributed by atoms with Crippen LogP contribution in [0.1, 0.15) is 55.0 Å². The maximum Gasteiger partial charge on any atom is 0.264 e. The number of thiazole rings is 1. The van der Waals surface area contributed by atoms with E-state index in [9.17, 15) is 4.79 Å². The topological polar surface area (TPSA) is 42.0 Å². The zero-order valence-corrected chi connectivity index (χ0v) is 10.6. The molecule has 0 atom stereocenters. The summed E-state index contributed by atoms with van der Waals surface area (Å²) >= 11 is 1.52. The Hall–Kier alpha value is -0.900. The summed E-state index contributed by atoms with van der Waals surface area (Å²) in [5.41, 5.74) is 0.611. The molecule has 0 saturated carbocycles. The van der Waals surface area contributed by atoms with Crippen molar-refractivity contribution in [2.24, 2.45) is 0 Å². The average Bonchev–Trinajstić information content (AvgIpc) is 2.51. The van der Waals surface area contributed by atoms with Gasteiger partial charge in [0, 0.05) is 5.41 Å². The van der Waals surface area contributed by atoms with Crippen LogP contribution in [0, 0.1) is 0 Å². The van der Waals surface area contributed by atoms with Gasteiger partial charge in [-0.25, -0.2) is 4.98 Å². The number of fused-ring (bicyclic) bond motifs is 1. The lowest BCUT2D eigenvalue weighted by molar-refractivity contribution is 0.0942. The minimum Gasteiger partial charge on any atom is -0.341 e. The van der Waals surface area contributed by atoms with Crippen LogP contribution in [0.5, 0.6) is 0 Å². The minimum absolute atomic E-state index is 0.0167. The number of amides is 1. The van der Waals surface area contributed by atoms with Crippen LogP contribution < -0.4 is 5.32 Å². The highest BCUT2D eigenvalue weighted by atomic mass is 32.1. The third kappa shape index (κ3) is 1.57. The standard InChI is InChI=1S/C11H16N2OS/c1-10(2,3)9-12-7-6(15-9)8(14)13-11(7,4)5/h1-5H3,(H,13,14). The molecule has 0 aliphatic carbocycles. The number of aromatic nitrogens is 1. The lowest BCUT2D eigenvalue weighted by atomic mass is 9.97. The fourth-order valence-corrected chi connectivity index (χ4v) is 2.80. The first kappa shape index (κ1) is 10.6. The van der Waals surface area contributed by atoms with Gasteiger partial charge in [-0.2, -0.15) is 0 Å². The molecule has 1 aliphatic rings. The van der Waals surface area contributed by atoms with Crippen LogP contribution in [0.25, 0.3) is 0 Å². The van der Waals surface area contributed by atoms with Crippen LogP contribution in [0.3, 0.4) is 0 Å². The van der Waals surface area contributed by atoms with Gasteiger partial charge in [0.15, 0.2) is 0 Å². The number of hydrogen-bond donors (Lipinski definition) is 1. The van der Waals surface area contributed by atoms with Crippen LogP contribution in [0.15, 0.2) is 0 Å². The SMILES string of the molecule is CC(C)(C)c1nc2c(s1)C(=O)NC2(C)C. The normalized spacial score (nSPS) is 18.9. The van der Waals surface area contributed by atoms with Crippen molar-refractivity contribution in [3.63, 3.8) is 0 Å². The Kier molecular flexibility index (Phi) is 1.99. The van der Waals surface area contributed by atoms with Crippen LogP contribution in [-0.2, 0) is 11.0 Å². The predicted octanol–water partition coefficient (Wildman–Crippen LogP) is 2.42. The first-order valence-corrected chi connectivity index (χ1v) is 5.88. The van der Waals surface area contributed by atoms with Crippen molar-refractivity contribution in [3.8, 4) is 0 Å². The van der Waals surface area contributed by atoms with Crippen LogP contribution in [0.2, 0.25) is 0 Å². The molecule has 82 valence electrons. The first-order chi connectivity index (χ1) is 6.72. The Bertz CT molecular complexity index is 426. The molecular weight excluding hydrogens is 208 g/mol. The Morgan fingerprint density at radius 1 is 1.33 bits per heavy atom. The molecule has 2 rings (SSSR count). The predicted molar refractivity (Wildman–Crippen MR) is 61.3 cm³/mol. The molecule has 1 N–H and O–H groups in total. The maximum atomic E-state index is 11.7. The number of nitrogens with one attached hydrogen (secondary N) is 1. The Morgan fingerprint density at radius 2 is 1.93 bits per heavy atom. The molecule has 0 fully saturated rings. The van der Waals surface area contributed by atoms with Crippen LogP contribution in [0.4, 0.5) is 0 Å². The summed E-state index contributed by atoms with van der Waals surface area (Å²) in [5, 5.41) is 3.96. The molecule has 0 spiro atoms. The number of carbonyl (C=O) groups excluding carboxylic acids is 1. The van der Waals surface area contributed by atoms with E-state index in [1.54, 1.807) is 0 Å². The minimum atomic E-state index is -0.313. The summed E-state index contributed by atoms with van der Waals surface area (Å²) in [6, 6.07) is 0. The van der Waals surface area contributed by atoms with Gasteiger partial charge in [-0.3, -0.25) is 4.79 Å². The van der Waals surface area contributed by atoms with Crippen molar-refractivity contribution in [2.45, 2.75) is 45.6 Å². The molecule has 0 bridgehead atoms. The van der Waals surface area contributed by atoms with Gasteiger partial charge < -0.3 is 5.32 Å². The first-order valence-electron chi connectivity index (χ1n) is 5.06. The van der Waals surface area contributed by atoms with Gasteiger partial charge in [-0.15, -0.1) is 11.3 Å². The third-order valence-electron chi connectivity index (χ3n) is 2.49. The lowest BCUT2D eigenvalue weighted by Crippen LogP contribution is -2.33. The second kappa shape index (κ2) is 2.82. The van der Waals surface area contributed by atoms with Crippen molar-refractivity contribution in [2.75, 3.05) is 0 Å². The van der Waals surface area contributed by atoms with E-state index < -0.39 is 0 Å². The molecule has 3 nitrogen and oxygen atoms in total. The summed E-state index contributed by atoms with van der Waals surface area (Å²) in [5.74, 6) is 0.0167. The zero-order valence-electron chi connectivity index (χ0n) is 9.76. The van der Waals surface area contributed by atoms with E-state index in [1.807, 2.05) is 13.8 Å². The summed E-state index contributed by atoms with van der Waals surface area (Å²) in [4.78, 5) is 17.1. The van der Waals surface area contributed by atoms with Crippen LogP contribution in [-0.4, -0.2) is 10.9 Å². The van der Waals surface area contributed by atoms with E-state index in [4.69, 9.17) is 0 Å². The molecule has 1 aliphatic heterocycles. The summed E-state index contributed by atoms with van der Waals surface area (Å²) in [7, 11) is 0. The molecule has 2 heterocycles. The quantitative estimate of drug-likeness (QED) is 0.735. The number of hydrogen-bond acceptors (Lipinski definition) is 3. The monoisotopic (exact) mass is 224 g/mol. The van der Waals surface area contributed by atoms with E-state index in [0.29, 0.717) is 0 Å². The molecule has 1 aromatic rings. The van der Waals surface area contributed by atoms with E-state index in [1.165, 1.54) is 11.3 Å². The number of nitrogens with zero attached hydrogens (tertiary/aromatic N) is 1. The molecule has 0 saturated heterocycles. The van der Waals surface area contributed by atoms with Crippen molar-refractivity contribution in [3.05, 3.63) is 15.6 Å². The van der Waals surface area contributed by atoms with E-state index in [2.05, 4.69) is 31.1 Å². The molecule has 0 unspecified atom stereocenters. The molecule has 1 aromatic heterocycles. The van der Waals surface area contributed by atoms with Crippen molar-refractivity contribution in [1.82, 2.24) is 10.3 Å². The maximum absolute atomic E-state index is 11.7. The van der Waals surface area contributed by atoms with E-state index >= 15 is 0 Å². The summed E-state index contributed by atoms with van der Waals surface area (Å²) < 4.78 is 0. The van der Waals surface area contributed by atoms with Crippen molar-refractivity contribution in [1.29, 1.82) is 0 Å². The second-order valence-electron chi connectivity index (χ2n) is 5.53. The fraction of sp³-hybridized carbons (Fsp3) is 0.636. The summed E-state index contributed by atoms with van der Waals surface area (Å²) in [6.07, 6.45) is 0. The second-order valence-corrected chi connectivity index (χ2v) is 6.52. The van der Waals surface area contributed by atoms with Gasteiger partial charge in [0.1, 0.15) is 4.88 Å². The van der Waals surface area contributed by atoms with Crippen LogP contribution >= 0.6 is 11.3 Å². The Labute approximate surface area is 93.9 Å². The van der Waals surface area contributed by atoms with Gasteiger partial charge in [0.05, 0.1) is 16.2 Å². The highest BCUT2D eigenvalue weighted by Crippen LogP contribution is 2.37. The third-order valence-corrected chi connectivity index (χ3v) is 3.97. The largest absolute Gasteiger partial charge is 0.341 e. The highest BCUT2D eigenvalue weighted by molar-refractivity contribution is 7.14. The zero-order chi connectivity index (χ0) is 11.4. The molecule has 0 aromatic carbocycles.